The van der Waals surface area contributed by atoms with Crippen LogP contribution in [-0.4, -0.2) is 111 Å². The summed E-state index contributed by atoms with van der Waals surface area (Å²) in [6, 6.07) is 4.03. The largest absolute Gasteiger partial charge is 0.481 e. The number of carboxylic acids is 2. The lowest BCUT2D eigenvalue weighted by molar-refractivity contribution is -0.215. The zero-order valence-electron chi connectivity index (χ0n) is 40.4. The van der Waals surface area contributed by atoms with Gasteiger partial charge in [0, 0.05) is 55.6 Å². The monoisotopic (exact) mass is 952 g/mol. The number of amides is 3. The number of hydroxylamine groups is 2. The third-order valence-electron chi connectivity index (χ3n) is 12.4. The Kier molecular flexibility index (Phi) is 22.6. The van der Waals surface area contributed by atoms with Gasteiger partial charge in [-0.3, -0.25) is 43.3 Å². The van der Waals surface area contributed by atoms with Gasteiger partial charge in [-0.1, -0.05) is 52.7 Å². The number of thiazole rings is 1. The highest BCUT2D eigenvalue weighted by atomic mass is 32.1. The standard InChI is InChI=1S/C49H72N6O11S/c1-10-12-15-24-65-55(47(62)36(31(5)11-2)26-41(57)39-16-13-14-23-54(39)9)40(30(3)4)27-42(66-32(6)56)46-53-38(29-67-46)45(61)52-35(28-49(7,8)48(63)64)25-33-17-19-34(20-18-33)51-44(60)37(50)21-22-43(58)59/h1,17-20,29-31,35-37,39-40,42H,11-16,21-28,50H2,2-9H3,(H,51,60)(H,52,61)(H,58,59)(H,63,64)/t31-,35-,36-,37-,39+,40+,42+/m0/s1. The van der Waals surface area contributed by atoms with Crippen molar-refractivity contribution in [2.24, 2.45) is 28.9 Å². The second kappa shape index (κ2) is 26.9. The van der Waals surface area contributed by atoms with Gasteiger partial charge < -0.3 is 31.3 Å². The molecular formula is C49H72N6O11S. The minimum atomic E-state index is -1.24. The number of nitrogens with zero attached hydrogens (tertiary/aromatic N) is 3. The summed E-state index contributed by atoms with van der Waals surface area (Å²) in [6.07, 6.45) is 8.85. The van der Waals surface area contributed by atoms with Gasteiger partial charge >= 0.3 is 17.9 Å². The molecule has 6 N–H and O–H groups in total. The number of likely N-dealkylation sites (tertiary alicyclic amines) is 1. The molecule has 7 atom stereocenters. The molecule has 2 aromatic rings. The maximum absolute atomic E-state index is 14.8. The van der Waals surface area contributed by atoms with Gasteiger partial charge in [-0.2, -0.15) is 0 Å². The number of aliphatic carboxylic acids is 2. The number of hydrogen-bond acceptors (Lipinski definition) is 13. The first-order chi connectivity index (χ1) is 31.6. The van der Waals surface area contributed by atoms with Crippen LogP contribution in [0, 0.1) is 35.5 Å². The van der Waals surface area contributed by atoms with Crippen LogP contribution in [0.4, 0.5) is 5.69 Å². The molecule has 17 nitrogen and oxygen atoms in total. The molecule has 0 bridgehead atoms. The van der Waals surface area contributed by atoms with Crippen molar-refractivity contribution in [1.29, 1.82) is 0 Å². The molecule has 2 heterocycles. The number of Topliss-reactive ketones (excluding diaryl/α,β-unsaturated/α-hetero) is 1. The van der Waals surface area contributed by atoms with E-state index in [1.807, 2.05) is 34.7 Å². The number of rotatable bonds is 28. The minimum Gasteiger partial charge on any atom is -0.481 e. The third kappa shape index (κ3) is 17.7. The number of aromatic nitrogens is 1. The predicted molar refractivity (Wildman–Crippen MR) is 254 cm³/mol. The van der Waals surface area contributed by atoms with Crippen LogP contribution < -0.4 is 16.4 Å². The van der Waals surface area contributed by atoms with Gasteiger partial charge in [-0.25, -0.2) is 10.0 Å². The summed E-state index contributed by atoms with van der Waals surface area (Å²) in [6.45, 7) is 13.1. The van der Waals surface area contributed by atoms with E-state index in [4.69, 9.17) is 26.8 Å². The van der Waals surface area contributed by atoms with Gasteiger partial charge in [0.2, 0.25) is 11.8 Å². The fourth-order valence-electron chi connectivity index (χ4n) is 8.06. The first-order valence-corrected chi connectivity index (χ1v) is 24.1. The van der Waals surface area contributed by atoms with Crippen LogP contribution in [0.3, 0.4) is 0 Å². The number of terminal acetylenes is 1. The fraction of sp³-hybridized carbons (Fsp3) is 0.633. The molecule has 0 spiro atoms. The molecule has 1 aromatic carbocycles. The normalized spacial score (nSPS) is 16.9. The van der Waals surface area contributed by atoms with Crippen LogP contribution in [0.25, 0.3) is 0 Å². The number of carbonyl (C=O) groups excluding carboxylic acids is 5. The van der Waals surface area contributed by atoms with E-state index in [1.165, 1.54) is 17.4 Å². The van der Waals surface area contributed by atoms with Crippen LogP contribution in [0.2, 0.25) is 0 Å². The first-order valence-electron chi connectivity index (χ1n) is 23.2. The van der Waals surface area contributed by atoms with E-state index in [1.54, 1.807) is 38.1 Å². The average molecular weight is 953 g/mol. The number of unbranched alkanes of at least 4 members (excludes halogenated alkanes) is 1. The third-order valence-corrected chi connectivity index (χ3v) is 13.3. The van der Waals surface area contributed by atoms with Crippen LogP contribution in [-0.2, 0) is 44.8 Å². The molecule has 0 saturated carbocycles. The molecule has 1 aliphatic rings. The molecule has 1 fully saturated rings. The summed E-state index contributed by atoms with van der Waals surface area (Å²) < 4.78 is 5.86. The lowest BCUT2D eigenvalue weighted by Gasteiger charge is -2.38. The molecule has 67 heavy (non-hydrogen) atoms. The van der Waals surface area contributed by atoms with Gasteiger partial charge in [0.05, 0.1) is 30.1 Å². The number of benzene rings is 1. The molecule has 3 rings (SSSR count). The van der Waals surface area contributed by atoms with Gasteiger partial charge in [0.25, 0.3) is 5.91 Å². The number of carboxylic acid groups (broad SMARTS) is 2. The van der Waals surface area contributed by atoms with E-state index in [-0.39, 0.29) is 80.4 Å². The summed E-state index contributed by atoms with van der Waals surface area (Å²) in [5.74, 6) is -2.66. The quantitative estimate of drug-likeness (QED) is 0.0268. The average Bonchev–Trinajstić information content (AvgIpc) is 3.77. The summed E-state index contributed by atoms with van der Waals surface area (Å²) in [4.78, 5) is 104. The molecule has 3 amide bonds. The van der Waals surface area contributed by atoms with Crippen molar-refractivity contribution in [3.05, 3.63) is 45.9 Å². The fourth-order valence-corrected chi connectivity index (χ4v) is 8.90. The summed E-state index contributed by atoms with van der Waals surface area (Å²) in [5, 5.41) is 27.7. The van der Waals surface area contributed by atoms with Crippen molar-refractivity contribution in [2.45, 2.75) is 156 Å². The van der Waals surface area contributed by atoms with Crippen LogP contribution >= 0.6 is 11.3 Å². The number of likely N-dealkylation sites (N-methyl/N-ethyl adjacent to an activating group) is 1. The number of ketones is 1. The Balaban J connectivity index is 1.91. The number of piperidine rings is 1. The number of anilines is 1. The highest BCUT2D eigenvalue weighted by molar-refractivity contribution is 7.09. The number of hydrogen-bond donors (Lipinski definition) is 5. The molecule has 1 saturated heterocycles. The highest BCUT2D eigenvalue weighted by Crippen LogP contribution is 2.34. The molecule has 0 unspecified atom stereocenters. The highest BCUT2D eigenvalue weighted by Gasteiger charge is 2.40. The summed E-state index contributed by atoms with van der Waals surface area (Å²) in [5.41, 5.74) is 5.74. The van der Waals surface area contributed by atoms with Crippen molar-refractivity contribution >= 4 is 58.4 Å². The maximum atomic E-state index is 14.8. The lowest BCUT2D eigenvalue weighted by atomic mass is 9.83. The van der Waals surface area contributed by atoms with E-state index in [0.717, 1.165) is 42.7 Å². The van der Waals surface area contributed by atoms with E-state index in [2.05, 4.69) is 26.4 Å². The SMILES string of the molecule is C#CCCCON(C(=O)[C@@H](CC(=O)[C@H]1CCCCN1C)[C@@H](C)CC)[C@H](C[C@@H](OC(C)=O)c1nc(C(=O)N[C@@H](Cc2ccc(NC(=O)[C@@H](N)CCC(=O)O)cc2)CC(C)(C)C(=O)O)cs1)C(C)C. The Morgan fingerprint density at radius 1 is 1.09 bits per heavy atom. The Morgan fingerprint density at radius 3 is 2.36 bits per heavy atom. The van der Waals surface area contributed by atoms with Crippen molar-refractivity contribution in [3.8, 4) is 12.3 Å². The minimum absolute atomic E-state index is 0.00942. The number of nitrogens with one attached hydrogen (secondary N) is 2. The van der Waals surface area contributed by atoms with Crippen LogP contribution in [0.15, 0.2) is 29.6 Å². The molecule has 370 valence electrons. The number of ether oxygens (including phenoxy) is 1. The number of nitrogens with two attached hydrogens (primary N) is 1. The van der Waals surface area contributed by atoms with E-state index >= 15 is 0 Å². The second-order valence-corrected chi connectivity index (χ2v) is 19.6. The molecule has 1 aliphatic heterocycles. The van der Waals surface area contributed by atoms with Crippen molar-refractivity contribution in [3.63, 3.8) is 0 Å². The Morgan fingerprint density at radius 2 is 1.78 bits per heavy atom. The van der Waals surface area contributed by atoms with Crippen molar-refractivity contribution in [1.82, 2.24) is 20.3 Å². The van der Waals surface area contributed by atoms with Gasteiger partial charge in [0.15, 0.2) is 11.9 Å². The maximum Gasteiger partial charge on any atom is 0.309 e. The van der Waals surface area contributed by atoms with Gasteiger partial charge in [0.1, 0.15) is 10.7 Å². The Bertz CT molecular complexity index is 2030. The molecule has 0 radical (unpaired) electrons. The van der Waals surface area contributed by atoms with E-state index in [9.17, 15) is 38.7 Å². The predicted octanol–water partition coefficient (Wildman–Crippen LogP) is 6.41. The van der Waals surface area contributed by atoms with Gasteiger partial charge in [-0.05, 0) is 95.5 Å². The Labute approximate surface area is 399 Å². The first kappa shape index (κ1) is 56.1. The smallest absolute Gasteiger partial charge is 0.309 e. The van der Waals surface area contributed by atoms with E-state index in [0.29, 0.717) is 30.0 Å². The lowest BCUT2D eigenvalue weighted by Crippen LogP contribution is -2.50. The van der Waals surface area contributed by atoms with Crippen LogP contribution in [0.5, 0.6) is 0 Å². The second-order valence-electron chi connectivity index (χ2n) is 18.7. The van der Waals surface area contributed by atoms with E-state index < -0.39 is 65.3 Å². The number of carbonyl (C=O) groups is 7. The summed E-state index contributed by atoms with van der Waals surface area (Å²) >= 11 is 1.10. The van der Waals surface area contributed by atoms with Crippen LogP contribution in [0.1, 0.15) is 146 Å². The van der Waals surface area contributed by atoms with Crippen molar-refractivity contribution in [2.75, 3.05) is 25.5 Å². The van der Waals surface area contributed by atoms with Crippen molar-refractivity contribution < 1.29 is 53.3 Å². The zero-order chi connectivity index (χ0) is 50.0. The topological polar surface area (TPSA) is 248 Å². The van der Waals surface area contributed by atoms with Gasteiger partial charge in [-0.15, -0.1) is 23.7 Å². The number of esters is 1. The molecule has 1 aromatic heterocycles. The molecule has 18 heteroatoms. The zero-order valence-corrected chi connectivity index (χ0v) is 41.2. The Hall–Kier alpha value is -5.22. The molecular weight excluding hydrogens is 881 g/mol. The molecule has 0 aliphatic carbocycles. The summed E-state index contributed by atoms with van der Waals surface area (Å²) in [7, 11) is 1.94.